The maximum Gasteiger partial charge on any atom is 0.316 e. The van der Waals surface area contributed by atoms with Gasteiger partial charge in [-0.05, 0) is 25.7 Å². The van der Waals surface area contributed by atoms with E-state index in [-0.39, 0.29) is 18.4 Å². The average molecular weight is 368 g/mol. The van der Waals surface area contributed by atoms with Gasteiger partial charge in [-0.3, -0.25) is 9.59 Å². The molecule has 2 saturated heterocycles. The summed E-state index contributed by atoms with van der Waals surface area (Å²) in [6.07, 6.45) is 12.9. The minimum atomic E-state index is -0.681. The Hall–Kier alpha value is -1.91. The third-order valence-corrected chi connectivity index (χ3v) is 5.78. The largest absolute Gasteiger partial charge is 0.483 e. The van der Waals surface area contributed by atoms with E-state index in [2.05, 4.69) is 12.8 Å². The number of cyclic esters (lactones) is 1. The summed E-state index contributed by atoms with van der Waals surface area (Å²) >= 11 is 0. The van der Waals surface area contributed by atoms with Crippen LogP contribution in [0, 0.1) is 30.1 Å². The molecule has 6 nitrogen and oxygen atoms in total. The number of halogens is 1. The molecule has 4 rings (SSSR count). The third kappa shape index (κ3) is 3.49. The zero-order valence-electron chi connectivity index (χ0n) is 14.9. The predicted octanol–water partition coefficient (Wildman–Crippen LogP) is 2.33. The minimum absolute atomic E-state index is 0.0387. The molecule has 1 saturated carbocycles. The molecule has 2 unspecified atom stereocenters. The van der Waals surface area contributed by atoms with Crippen LogP contribution in [0.2, 0.25) is 0 Å². The molecule has 1 spiro atoms. The Balaban J connectivity index is 0.000000444. The molecule has 0 aromatic rings. The molecular weight excluding hydrogens is 343 g/mol. The molecule has 4 atom stereocenters. The van der Waals surface area contributed by atoms with Gasteiger partial charge in [-0.15, -0.1) is 12.8 Å². The summed E-state index contributed by atoms with van der Waals surface area (Å²) in [4.78, 5) is 20.6. The topological polar surface area (TPSA) is 82.1 Å². The van der Waals surface area contributed by atoms with E-state index in [0.29, 0.717) is 19.1 Å². The van der Waals surface area contributed by atoms with E-state index >= 15 is 0 Å². The summed E-state index contributed by atoms with van der Waals surface area (Å²) in [6.45, 7) is 2.34. The molecule has 144 valence electrons. The second-order valence-corrected chi connectivity index (χ2v) is 7.07. The molecule has 4 aliphatic rings. The van der Waals surface area contributed by atoms with Crippen molar-refractivity contribution in [3.8, 4) is 12.8 Å². The summed E-state index contributed by atoms with van der Waals surface area (Å²) in [5, 5.41) is 6.89. The van der Waals surface area contributed by atoms with Crippen LogP contribution in [-0.4, -0.2) is 49.3 Å². The molecule has 1 N–H and O–H groups in total. The van der Waals surface area contributed by atoms with Gasteiger partial charge in [-0.25, -0.2) is 4.39 Å². The normalized spacial score (nSPS) is 36.2. The summed E-state index contributed by atoms with van der Waals surface area (Å²) < 4.78 is 30.0. The molecule has 26 heavy (non-hydrogen) atoms. The van der Waals surface area contributed by atoms with Crippen molar-refractivity contribution in [1.29, 1.82) is 0 Å². The number of fused-ring (bicyclic) bond motifs is 2. The molecule has 0 radical (unpaired) electrons. The van der Waals surface area contributed by atoms with Gasteiger partial charge in [0.15, 0.2) is 5.79 Å². The third-order valence-electron chi connectivity index (χ3n) is 5.78. The fourth-order valence-electron chi connectivity index (χ4n) is 4.58. The highest BCUT2D eigenvalue weighted by Crippen LogP contribution is 2.54. The Kier molecular flexibility index (Phi) is 6.43. The van der Waals surface area contributed by atoms with Crippen molar-refractivity contribution in [3.63, 3.8) is 0 Å². The number of hydrogen-bond acceptors (Lipinski definition) is 5. The monoisotopic (exact) mass is 368 g/mol. The molecular formula is C19H25FO6. The maximum atomic E-state index is 13.1. The van der Waals surface area contributed by atoms with Crippen molar-refractivity contribution in [2.45, 2.75) is 44.5 Å². The summed E-state index contributed by atoms with van der Waals surface area (Å²) in [7, 11) is 0. The number of carbonyl (C=O) groups excluding carboxylic acids is 1. The quantitative estimate of drug-likeness (QED) is 0.331. The Morgan fingerprint density at radius 2 is 2.00 bits per heavy atom. The second-order valence-electron chi connectivity index (χ2n) is 7.07. The summed E-state index contributed by atoms with van der Waals surface area (Å²) in [6, 6.07) is 0. The zero-order chi connectivity index (χ0) is 19.4. The lowest BCUT2D eigenvalue weighted by Crippen LogP contribution is -2.43. The van der Waals surface area contributed by atoms with Crippen LogP contribution >= 0.6 is 0 Å². The van der Waals surface area contributed by atoms with Crippen molar-refractivity contribution in [1.82, 2.24) is 0 Å². The van der Waals surface area contributed by atoms with Crippen molar-refractivity contribution in [2.24, 2.45) is 17.3 Å². The Bertz CT molecular complexity index is 580. The van der Waals surface area contributed by atoms with Gasteiger partial charge in [0.2, 0.25) is 0 Å². The summed E-state index contributed by atoms with van der Waals surface area (Å²) in [5.74, 6) is -0.393. The van der Waals surface area contributed by atoms with Crippen LogP contribution in [-0.2, 0) is 23.8 Å². The average Bonchev–Trinajstić information content (AvgIpc) is 3.18. The van der Waals surface area contributed by atoms with E-state index in [9.17, 15) is 9.18 Å². The number of terminal acetylenes is 1. The van der Waals surface area contributed by atoms with Crippen molar-refractivity contribution in [2.75, 3.05) is 19.9 Å². The van der Waals surface area contributed by atoms with Gasteiger partial charge >= 0.3 is 5.97 Å². The molecule has 0 aromatic heterocycles. The first-order valence-electron chi connectivity index (χ1n) is 8.66. The highest BCUT2D eigenvalue weighted by atomic mass is 19.1. The maximum absolute atomic E-state index is 13.1. The SMILES string of the molecule is C#C.C[C@@]12C=C3CC4(CCC3C[C@@H]1C(CF)OC2=O)OCCO4.O=CO. The predicted molar refractivity (Wildman–Crippen MR) is 90.7 cm³/mol. The lowest BCUT2D eigenvalue weighted by atomic mass is 9.62. The van der Waals surface area contributed by atoms with Crippen LogP contribution in [0.15, 0.2) is 11.6 Å². The minimum Gasteiger partial charge on any atom is -0.483 e. The van der Waals surface area contributed by atoms with Crippen LogP contribution < -0.4 is 0 Å². The van der Waals surface area contributed by atoms with Gasteiger partial charge in [0.1, 0.15) is 12.8 Å². The van der Waals surface area contributed by atoms with E-state index < -0.39 is 24.0 Å². The number of esters is 1. The van der Waals surface area contributed by atoms with E-state index in [1.54, 1.807) is 0 Å². The van der Waals surface area contributed by atoms with Crippen molar-refractivity contribution < 1.29 is 33.3 Å². The molecule has 2 aliphatic heterocycles. The van der Waals surface area contributed by atoms with Gasteiger partial charge in [-0.1, -0.05) is 11.6 Å². The molecule has 3 fully saturated rings. The Morgan fingerprint density at radius 3 is 2.58 bits per heavy atom. The van der Waals surface area contributed by atoms with Gasteiger partial charge in [-0.2, -0.15) is 0 Å². The number of carbonyl (C=O) groups is 2. The number of rotatable bonds is 1. The van der Waals surface area contributed by atoms with Crippen LogP contribution in [0.3, 0.4) is 0 Å². The second kappa shape index (κ2) is 8.19. The van der Waals surface area contributed by atoms with E-state index in [4.69, 9.17) is 24.1 Å². The van der Waals surface area contributed by atoms with Crippen molar-refractivity contribution in [3.05, 3.63) is 11.6 Å². The first-order valence-corrected chi connectivity index (χ1v) is 8.66. The van der Waals surface area contributed by atoms with Crippen LogP contribution in [0.25, 0.3) is 0 Å². The molecule has 0 bridgehead atoms. The highest BCUT2D eigenvalue weighted by molar-refractivity contribution is 5.82. The smallest absolute Gasteiger partial charge is 0.316 e. The molecule has 0 amide bonds. The zero-order valence-corrected chi connectivity index (χ0v) is 14.9. The van der Waals surface area contributed by atoms with Gasteiger partial charge in [0.05, 0.1) is 18.6 Å². The van der Waals surface area contributed by atoms with Gasteiger partial charge < -0.3 is 19.3 Å². The fraction of sp³-hybridized carbons (Fsp3) is 0.684. The summed E-state index contributed by atoms with van der Waals surface area (Å²) in [5.41, 5.74) is 0.554. The van der Waals surface area contributed by atoms with Crippen LogP contribution in [0.4, 0.5) is 4.39 Å². The van der Waals surface area contributed by atoms with Gasteiger partial charge in [0.25, 0.3) is 6.47 Å². The molecule has 7 heteroatoms. The van der Waals surface area contributed by atoms with E-state index in [1.165, 1.54) is 5.57 Å². The Labute approximate surface area is 152 Å². The fourth-order valence-corrected chi connectivity index (χ4v) is 4.58. The van der Waals surface area contributed by atoms with Crippen LogP contribution in [0.5, 0.6) is 0 Å². The number of carboxylic acid groups (broad SMARTS) is 1. The molecule has 0 aromatic carbocycles. The number of alkyl halides is 1. The first kappa shape index (κ1) is 20.4. The highest BCUT2D eigenvalue weighted by Gasteiger charge is 2.57. The van der Waals surface area contributed by atoms with Crippen molar-refractivity contribution >= 4 is 12.4 Å². The molecule has 2 heterocycles. The molecule has 2 aliphatic carbocycles. The van der Waals surface area contributed by atoms with Gasteiger partial charge in [0, 0.05) is 18.8 Å². The lowest BCUT2D eigenvalue weighted by molar-refractivity contribution is -0.173. The number of ether oxygens (including phenoxy) is 3. The standard InChI is InChI=1S/C16H21FO4.C2H2.CH2O2/c1-15-7-11-8-16(19-4-5-20-16)3-2-10(11)6-12(15)13(9-17)21-14(15)18;1-2;2-1-3/h7,10,12-13H,2-6,8-9H2,1H3;1-2H;1H,(H,2,3)/t10?,12-,13?,15-;;/m1../s1. The van der Waals surface area contributed by atoms with E-state index in [1.807, 2.05) is 13.0 Å². The first-order chi connectivity index (χ1) is 12.5. The lowest BCUT2D eigenvalue weighted by Gasteiger charge is -2.43. The van der Waals surface area contributed by atoms with E-state index in [0.717, 1.165) is 25.7 Å². The van der Waals surface area contributed by atoms with Crippen LogP contribution in [0.1, 0.15) is 32.6 Å². The Morgan fingerprint density at radius 1 is 1.38 bits per heavy atom. The number of hydrogen-bond donors (Lipinski definition) is 1.